The monoisotopic (exact) mass is 400 g/mol. The molecule has 2 aromatic rings. The highest BCUT2D eigenvalue weighted by atomic mass is 16.2. The number of benzene rings is 1. The van der Waals surface area contributed by atoms with Crippen LogP contribution in [0.2, 0.25) is 0 Å². The zero-order chi connectivity index (χ0) is 20.5. The number of carbonyl (C=O) groups is 1. The molecule has 1 radical (unpaired) electrons. The van der Waals surface area contributed by atoms with E-state index in [1.807, 2.05) is 53.6 Å². The van der Waals surface area contributed by atoms with Gasteiger partial charge in [0.05, 0.1) is 17.1 Å². The van der Waals surface area contributed by atoms with Crippen molar-refractivity contribution in [3.63, 3.8) is 0 Å². The van der Waals surface area contributed by atoms with Crippen LogP contribution in [0.1, 0.15) is 15.3 Å². The lowest BCUT2D eigenvalue weighted by molar-refractivity contribution is -0.116. The maximum atomic E-state index is 12.0. The first-order valence-corrected chi connectivity index (χ1v) is 9.98. The molecule has 0 bridgehead atoms. The van der Waals surface area contributed by atoms with E-state index in [1.54, 1.807) is 13.1 Å². The van der Waals surface area contributed by atoms with Crippen LogP contribution < -0.4 is 20.9 Å². The van der Waals surface area contributed by atoms with E-state index >= 15 is 0 Å². The minimum atomic E-state index is 0. The standard InChI is InChI=1S/C24H22N5O.2H2/c1-16(30)29-12-10-17-6-4-8-22(24(17)29)27-19-9-11-25-23(14-19)28-20-13-18-5-2-3-7-21(18)26-15-20;;/h2-9,11,13-15,26H,10,12H2,1H3,(H2,25,27,28);2*1H. The summed E-state index contributed by atoms with van der Waals surface area (Å²) in [5.74, 6) is 0.798. The fourth-order valence-electron chi connectivity index (χ4n) is 3.94. The van der Waals surface area contributed by atoms with E-state index in [4.69, 9.17) is 0 Å². The Hall–Kier alpha value is -3.80. The lowest BCUT2D eigenvalue weighted by Gasteiger charge is -2.21. The second-order valence-electron chi connectivity index (χ2n) is 7.39. The molecule has 1 amide bonds. The number of amides is 1. The minimum absolute atomic E-state index is 0. The molecule has 5 rings (SSSR count). The fourth-order valence-corrected chi connectivity index (χ4v) is 3.94. The van der Waals surface area contributed by atoms with Crippen LogP contribution in [0.15, 0.2) is 84.0 Å². The summed E-state index contributed by atoms with van der Waals surface area (Å²) >= 11 is 0. The molecule has 153 valence electrons. The molecule has 0 unspecified atom stereocenters. The molecule has 0 spiro atoms. The first-order valence-electron chi connectivity index (χ1n) is 9.98. The van der Waals surface area contributed by atoms with Gasteiger partial charge in [0.2, 0.25) is 5.91 Å². The molecule has 2 aliphatic heterocycles. The average Bonchev–Trinajstić information content (AvgIpc) is 3.20. The number of hydrogen-bond acceptors (Lipinski definition) is 5. The number of anilines is 4. The number of fused-ring (bicyclic) bond motifs is 2. The van der Waals surface area contributed by atoms with Gasteiger partial charge in [-0.3, -0.25) is 4.79 Å². The third-order valence-corrected chi connectivity index (χ3v) is 5.34. The summed E-state index contributed by atoms with van der Waals surface area (Å²) in [5.41, 5.74) is 7.13. The molecule has 1 aliphatic carbocycles. The number of nitrogens with zero attached hydrogens (tertiary/aromatic N) is 2. The number of allylic oxidation sites excluding steroid dienone is 5. The molecule has 6 nitrogen and oxygen atoms in total. The molecule has 6 heteroatoms. The zero-order valence-electron chi connectivity index (χ0n) is 16.6. The Morgan fingerprint density at radius 3 is 3.07 bits per heavy atom. The highest BCUT2D eigenvalue weighted by molar-refractivity contribution is 5.98. The smallest absolute Gasteiger partial charge is 0.223 e. The predicted octanol–water partition coefficient (Wildman–Crippen LogP) is 4.67. The van der Waals surface area contributed by atoms with Gasteiger partial charge >= 0.3 is 0 Å². The van der Waals surface area contributed by atoms with E-state index in [0.717, 1.165) is 52.8 Å². The minimum Gasteiger partial charge on any atom is -0.360 e. The third kappa shape index (κ3) is 3.48. The zero-order valence-corrected chi connectivity index (χ0v) is 16.6. The van der Waals surface area contributed by atoms with Gasteiger partial charge < -0.3 is 20.9 Å². The van der Waals surface area contributed by atoms with E-state index in [0.29, 0.717) is 0 Å². The van der Waals surface area contributed by atoms with Gasteiger partial charge in [-0.15, -0.1) is 0 Å². The predicted molar refractivity (Wildman–Crippen MR) is 124 cm³/mol. The molecule has 0 fully saturated rings. The Kier molecular flexibility index (Phi) is 4.59. The molecule has 3 N–H and O–H groups in total. The van der Waals surface area contributed by atoms with Crippen LogP contribution in [-0.4, -0.2) is 17.4 Å². The Bertz CT molecular complexity index is 1150. The average molecular weight is 401 g/mol. The molecule has 1 aromatic heterocycles. The summed E-state index contributed by atoms with van der Waals surface area (Å²) in [5, 5.41) is 10.1. The largest absolute Gasteiger partial charge is 0.360 e. The quantitative estimate of drug-likeness (QED) is 0.696. The van der Waals surface area contributed by atoms with Gasteiger partial charge in [-0.1, -0.05) is 24.3 Å². The summed E-state index contributed by atoms with van der Waals surface area (Å²) in [6, 6.07) is 9.99. The van der Waals surface area contributed by atoms with Crippen LogP contribution in [0.25, 0.3) is 0 Å². The van der Waals surface area contributed by atoms with Crippen LogP contribution in [0.3, 0.4) is 0 Å². The third-order valence-electron chi connectivity index (χ3n) is 5.34. The summed E-state index contributed by atoms with van der Waals surface area (Å²) in [4.78, 5) is 18.3. The van der Waals surface area contributed by atoms with Crippen LogP contribution >= 0.6 is 0 Å². The van der Waals surface area contributed by atoms with E-state index in [-0.39, 0.29) is 8.76 Å². The molecule has 0 saturated carbocycles. The SMILES string of the molecule is CC(=O)N1CCc2cccc(Nc3ccnc(NC4=CNC5=CC=C[CH]C5=C4)c3)c21.[HH].[HH]. The van der Waals surface area contributed by atoms with Gasteiger partial charge in [-0.05, 0) is 41.8 Å². The highest BCUT2D eigenvalue weighted by Crippen LogP contribution is 2.37. The van der Waals surface area contributed by atoms with E-state index in [9.17, 15) is 4.79 Å². The Morgan fingerprint density at radius 2 is 2.17 bits per heavy atom. The van der Waals surface area contributed by atoms with Crippen molar-refractivity contribution < 1.29 is 7.65 Å². The first kappa shape index (κ1) is 18.2. The summed E-state index contributed by atoms with van der Waals surface area (Å²) in [7, 11) is 0. The normalized spacial score (nSPS) is 16.6. The van der Waals surface area contributed by atoms with Gasteiger partial charge in [0.25, 0.3) is 0 Å². The van der Waals surface area contributed by atoms with Crippen molar-refractivity contribution in [3.05, 3.63) is 96.0 Å². The van der Waals surface area contributed by atoms with Crippen molar-refractivity contribution in [1.82, 2.24) is 10.3 Å². The Morgan fingerprint density at radius 1 is 1.23 bits per heavy atom. The van der Waals surface area contributed by atoms with Crippen LogP contribution in [-0.2, 0) is 11.2 Å². The van der Waals surface area contributed by atoms with E-state index in [1.165, 1.54) is 5.56 Å². The topological polar surface area (TPSA) is 69.3 Å². The number of dihydropyridines is 1. The Labute approximate surface area is 178 Å². The van der Waals surface area contributed by atoms with Crippen LogP contribution in [0.5, 0.6) is 0 Å². The lowest BCUT2D eigenvalue weighted by atomic mass is 10.0. The lowest BCUT2D eigenvalue weighted by Crippen LogP contribution is -2.26. The number of rotatable bonds is 4. The summed E-state index contributed by atoms with van der Waals surface area (Å²) in [6.45, 7) is 2.34. The maximum Gasteiger partial charge on any atom is 0.223 e. The first-order chi connectivity index (χ1) is 14.7. The number of para-hydroxylation sites is 1. The molecule has 1 aromatic carbocycles. The number of hydrogen-bond donors (Lipinski definition) is 3. The second kappa shape index (κ2) is 7.55. The van der Waals surface area contributed by atoms with Gasteiger partial charge in [0.1, 0.15) is 5.82 Å². The highest BCUT2D eigenvalue weighted by Gasteiger charge is 2.25. The molecular formula is C24H26N5O. The van der Waals surface area contributed by atoms with Crippen LogP contribution in [0.4, 0.5) is 22.9 Å². The molecule has 0 saturated heterocycles. The maximum absolute atomic E-state index is 12.0. The van der Waals surface area contributed by atoms with Crippen molar-refractivity contribution >= 4 is 28.8 Å². The van der Waals surface area contributed by atoms with Gasteiger partial charge in [0, 0.05) is 52.6 Å². The van der Waals surface area contributed by atoms with Gasteiger partial charge in [0.15, 0.2) is 0 Å². The van der Waals surface area contributed by atoms with Crippen molar-refractivity contribution in [3.8, 4) is 0 Å². The summed E-state index contributed by atoms with van der Waals surface area (Å²) < 4.78 is 0. The van der Waals surface area contributed by atoms with Crippen molar-refractivity contribution in [2.24, 2.45) is 0 Å². The molecule has 3 aliphatic rings. The number of nitrogens with one attached hydrogen (secondary N) is 3. The second-order valence-corrected chi connectivity index (χ2v) is 7.39. The molecular weight excluding hydrogens is 374 g/mol. The Balaban J connectivity index is 0.00000144. The van der Waals surface area contributed by atoms with E-state index < -0.39 is 0 Å². The number of aromatic nitrogens is 1. The number of carbonyl (C=O) groups excluding carboxylic acids is 1. The van der Waals surface area contributed by atoms with Crippen molar-refractivity contribution in [2.45, 2.75) is 13.3 Å². The van der Waals surface area contributed by atoms with Crippen LogP contribution in [0, 0.1) is 6.42 Å². The van der Waals surface area contributed by atoms with Crippen molar-refractivity contribution in [2.75, 3.05) is 22.1 Å². The number of pyridine rings is 1. The van der Waals surface area contributed by atoms with E-state index in [2.05, 4.69) is 39.5 Å². The summed E-state index contributed by atoms with van der Waals surface area (Å²) in [6.07, 6.45) is 14.8. The van der Waals surface area contributed by atoms with Crippen molar-refractivity contribution in [1.29, 1.82) is 0 Å². The fraction of sp³-hybridized carbons (Fsp3) is 0.125. The van der Waals surface area contributed by atoms with Gasteiger partial charge in [-0.2, -0.15) is 0 Å². The molecule has 0 atom stereocenters. The van der Waals surface area contributed by atoms with Gasteiger partial charge in [-0.25, -0.2) is 4.98 Å². The molecule has 3 heterocycles. The molecule has 30 heavy (non-hydrogen) atoms.